The van der Waals surface area contributed by atoms with E-state index in [0.717, 1.165) is 5.56 Å². The SMILES string of the molecule is O=C(O)c1cccc(CSc2n[nH]c(-c3ccco3)n2)c1. The number of carboxylic acids is 1. The number of aromatic nitrogens is 3. The van der Waals surface area contributed by atoms with E-state index in [4.69, 9.17) is 9.52 Å². The van der Waals surface area contributed by atoms with Crippen LogP contribution in [0.3, 0.4) is 0 Å². The fourth-order valence-electron chi connectivity index (χ4n) is 1.78. The Labute approximate surface area is 124 Å². The second kappa shape index (κ2) is 5.84. The molecule has 1 aromatic carbocycles. The number of aromatic amines is 1. The highest BCUT2D eigenvalue weighted by Crippen LogP contribution is 2.22. The third kappa shape index (κ3) is 3.14. The summed E-state index contributed by atoms with van der Waals surface area (Å²) >= 11 is 1.42. The molecule has 7 heteroatoms. The first-order valence-electron chi connectivity index (χ1n) is 6.14. The lowest BCUT2D eigenvalue weighted by Crippen LogP contribution is -1.96. The number of carboxylic acid groups (broad SMARTS) is 1. The average molecular weight is 301 g/mol. The maximum Gasteiger partial charge on any atom is 0.335 e. The van der Waals surface area contributed by atoms with Gasteiger partial charge in [0.05, 0.1) is 11.8 Å². The molecule has 0 aliphatic carbocycles. The molecule has 0 fully saturated rings. The van der Waals surface area contributed by atoms with Gasteiger partial charge in [-0.3, -0.25) is 5.10 Å². The van der Waals surface area contributed by atoms with Gasteiger partial charge in [-0.1, -0.05) is 23.9 Å². The van der Waals surface area contributed by atoms with E-state index in [2.05, 4.69) is 15.2 Å². The number of furan rings is 1. The summed E-state index contributed by atoms with van der Waals surface area (Å²) in [6.45, 7) is 0. The van der Waals surface area contributed by atoms with Crippen LogP contribution in [0.25, 0.3) is 11.6 Å². The number of H-pyrrole nitrogens is 1. The molecule has 0 bridgehead atoms. The van der Waals surface area contributed by atoms with Crippen LogP contribution in [-0.2, 0) is 5.75 Å². The van der Waals surface area contributed by atoms with E-state index < -0.39 is 5.97 Å². The zero-order valence-electron chi connectivity index (χ0n) is 10.8. The van der Waals surface area contributed by atoms with Crippen molar-refractivity contribution in [3.8, 4) is 11.6 Å². The van der Waals surface area contributed by atoms with Gasteiger partial charge in [-0.2, -0.15) is 4.98 Å². The first kappa shape index (κ1) is 13.4. The third-order valence-corrected chi connectivity index (χ3v) is 3.68. The fraction of sp³-hybridized carbons (Fsp3) is 0.0714. The molecular weight excluding hydrogens is 290 g/mol. The molecule has 0 aliphatic heterocycles. The Kier molecular flexibility index (Phi) is 3.74. The molecule has 2 aromatic heterocycles. The molecular formula is C14H11N3O3S. The molecule has 2 N–H and O–H groups in total. The molecule has 106 valence electrons. The number of nitrogens with zero attached hydrogens (tertiary/aromatic N) is 2. The third-order valence-electron chi connectivity index (χ3n) is 2.76. The van der Waals surface area contributed by atoms with E-state index in [1.165, 1.54) is 11.8 Å². The summed E-state index contributed by atoms with van der Waals surface area (Å²) in [6.07, 6.45) is 1.57. The molecule has 0 aliphatic rings. The minimum Gasteiger partial charge on any atom is -0.478 e. The van der Waals surface area contributed by atoms with Crippen molar-refractivity contribution in [2.75, 3.05) is 0 Å². The van der Waals surface area contributed by atoms with Gasteiger partial charge in [0, 0.05) is 5.75 Å². The second-order valence-electron chi connectivity index (χ2n) is 4.24. The van der Waals surface area contributed by atoms with Gasteiger partial charge >= 0.3 is 5.97 Å². The number of nitrogens with one attached hydrogen (secondary N) is 1. The number of carbonyl (C=O) groups is 1. The molecule has 0 saturated carbocycles. The standard InChI is InChI=1S/C14H11N3O3S/c18-13(19)10-4-1-3-9(7-10)8-21-14-15-12(16-17-14)11-5-2-6-20-11/h1-7H,8H2,(H,18,19)(H,15,16,17). The van der Waals surface area contributed by atoms with Crippen LogP contribution in [0.15, 0.2) is 52.2 Å². The molecule has 0 amide bonds. The van der Waals surface area contributed by atoms with Crippen molar-refractivity contribution in [2.45, 2.75) is 10.9 Å². The lowest BCUT2D eigenvalue weighted by molar-refractivity contribution is 0.0697. The van der Waals surface area contributed by atoms with E-state index in [0.29, 0.717) is 22.5 Å². The summed E-state index contributed by atoms with van der Waals surface area (Å²) < 4.78 is 5.23. The monoisotopic (exact) mass is 301 g/mol. The zero-order valence-corrected chi connectivity index (χ0v) is 11.6. The van der Waals surface area contributed by atoms with Crippen LogP contribution in [0.4, 0.5) is 0 Å². The van der Waals surface area contributed by atoms with Crippen LogP contribution in [0.1, 0.15) is 15.9 Å². The molecule has 2 heterocycles. The largest absolute Gasteiger partial charge is 0.478 e. The minimum atomic E-state index is -0.931. The van der Waals surface area contributed by atoms with E-state index in [1.807, 2.05) is 6.07 Å². The van der Waals surface area contributed by atoms with Crippen molar-refractivity contribution < 1.29 is 14.3 Å². The normalized spacial score (nSPS) is 10.7. The summed E-state index contributed by atoms with van der Waals surface area (Å²) in [5.74, 6) is 0.861. The molecule has 3 aromatic rings. The van der Waals surface area contributed by atoms with Gasteiger partial charge < -0.3 is 9.52 Å². The number of hydrogen-bond donors (Lipinski definition) is 2. The van der Waals surface area contributed by atoms with Gasteiger partial charge in [0.25, 0.3) is 0 Å². The smallest absolute Gasteiger partial charge is 0.335 e. The van der Waals surface area contributed by atoms with Gasteiger partial charge in [0.15, 0.2) is 11.6 Å². The van der Waals surface area contributed by atoms with Crippen LogP contribution in [0, 0.1) is 0 Å². The molecule has 21 heavy (non-hydrogen) atoms. The van der Waals surface area contributed by atoms with Crippen LogP contribution < -0.4 is 0 Å². The number of thioether (sulfide) groups is 1. The molecule has 0 atom stereocenters. The van der Waals surface area contributed by atoms with Crippen molar-refractivity contribution >= 4 is 17.7 Å². The lowest BCUT2D eigenvalue weighted by atomic mass is 10.1. The topological polar surface area (TPSA) is 92.0 Å². The quantitative estimate of drug-likeness (QED) is 0.704. The van der Waals surface area contributed by atoms with Gasteiger partial charge in [-0.15, -0.1) is 5.10 Å². The number of rotatable bonds is 5. The molecule has 6 nitrogen and oxygen atoms in total. The molecule has 3 rings (SSSR count). The number of benzene rings is 1. The maximum absolute atomic E-state index is 10.9. The highest BCUT2D eigenvalue weighted by molar-refractivity contribution is 7.98. The molecule has 0 radical (unpaired) electrons. The van der Waals surface area contributed by atoms with Gasteiger partial charge in [-0.25, -0.2) is 4.79 Å². The van der Waals surface area contributed by atoms with E-state index in [-0.39, 0.29) is 5.56 Å². The van der Waals surface area contributed by atoms with Crippen LogP contribution >= 0.6 is 11.8 Å². The fourth-order valence-corrected chi connectivity index (χ4v) is 2.52. The van der Waals surface area contributed by atoms with Crippen molar-refractivity contribution in [1.82, 2.24) is 15.2 Å². The lowest BCUT2D eigenvalue weighted by Gasteiger charge is -2.00. The van der Waals surface area contributed by atoms with Crippen LogP contribution in [0.2, 0.25) is 0 Å². The Hall–Kier alpha value is -2.54. The second-order valence-corrected chi connectivity index (χ2v) is 5.18. The van der Waals surface area contributed by atoms with Crippen molar-refractivity contribution in [1.29, 1.82) is 0 Å². The summed E-state index contributed by atoms with van der Waals surface area (Å²) in [5, 5.41) is 16.4. The van der Waals surface area contributed by atoms with Gasteiger partial charge in [0.2, 0.25) is 5.16 Å². The first-order valence-corrected chi connectivity index (χ1v) is 7.12. The predicted octanol–water partition coefficient (Wildman–Crippen LogP) is 3.06. The number of aromatic carboxylic acids is 1. The molecule has 0 unspecified atom stereocenters. The summed E-state index contributed by atoms with van der Waals surface area (Å²) in [4.78, 5) is 15.2. The minimum absolute atomic E-state index is 0.277. The van der Waals surface area contributed by atoms with E-state index in [9.17, 15) is 4.79 Å². The molecule has 0 saturated heterocycles. The van der Waals surface area contributed by atoms with Gasteiger partial charge in [-0.05, 0) is 29.8 Å². The maximum atomic E-state index is 10.9. The molecule has 0 spiro atoms. The van der Waals surface area contributed by atoms with Crippen molar-refractivity contribution in [3.63, 3.8) is 0 Å². The van der Waals surface area contributed by atoms with Crippen LogP contribution in [-0.4, -0.2) is 26.3 Å². The number of hydrogen-bond acceptors (Lipinski definition) is 5. The average Bonchev–Trinajstić information content (AvgIpc) is 3.16. The summed E-state index contributed by atoms with van der Waals surface area (Å²) in [5.41, 5.74) is 1.18. The van der Waals surface area contributed by atoms with Crippen molar-refractivity contribution in [2.24, 2.45) is 0 Å². The van der Waals surface area contributed by atoms with Gasteiger partial charge in [0.1, 0.15) is 0 Å². The van der Waals surface area contributed by atoms with E-state index in [1.54, 1.807) is 36.6 Å². The summed E-state index contributed by atoms with van der Waals surface area (Å²) in [6, 6.07) is 10.4. The van der Waals surface area contributed by atoms with E-state index >= 15 is 0 Å². The Balaban J connectivity index is 1.68. The summed E-state index contributed by atoms with van der Waals surface area (Å²) in [7, 11) is 0. The predicted molar refractivity (Wildman–Crippen MR) is 77.0 cm³/mol. The van der Waals surface area contributed by atoms with Crippen molar-refractivity contribution in [3.05, 3.63) is 53.8 Å². The van der Waals surface area contributed by atoms with Crippen LogP contribution in [0.5, 0.6) is 0 Å². The first-order chi connectivity index (χ1) is 10.2. The highest BCUT2D eigenvalue weighted by Gasteiger charge is 2.09. The highest BCUT2D eigenvalue weighted by atomic mass is 32.2. The Morgan fingerprint density at radius 1 is 1.33 bits per heavy atom. The zero-order chi connectivity index (χ0) is 14.7. The Morgan fingerprint density at radius 2 is 2.24 bits per heavy atom. The Bertz CT molecular complexity index is 752. The Morgan fingerprint density at radius 3 is 3.00 bits per heavy atom.